The smallest absolute Gasteiger partial charge is 0.264 e. The molecule has 29 heavy (non-hydrogen) atoms. The van der Waals surface area contributed by atoms with Gasteiger partial charge in [0.15, 0.2) is 5.78 Å². The van der Waals surface area contributed by atoms with Gasteiger partial charge in [0.1, 0.15) is 5.82 Å². The first-order valence-corrected chi connectivity index (χ1v) is 10.8. The predicted molar refractivity (Wildman–Crippen MR) is 109 cm³/mol. The molecule has 1 aliphatic rings. The van der Waals surface area contributed by atoms with E-state index in [9.17, 15) is 17.6 Å². The van der Waals surface area contributed by atoms with Crippen molar-refractivity contribution in [1.29, 1.82) is 0 Å². The van der Waals surface area contributed by atoms with Crippen molar-refractivity contribution in [2.24, 2.45) is 7.05 Å². The molecular formula is C22H21FN2O3S. The minimum Gasteiger partial charge on any atom is -0.348 e. The lowest BCUT2D eigenvalue weighted by molar-refractivity contribution is 0.0985. The van der Waals surface area contributed by atoms with Crippen LogP contribution in [0.5, 0.6) is 0 Å². The molecule has 0 fully saturated rings. The Morgan fingerprint density at radius 1 is 1.10 bits per heavy atom. The van der Waals surface area contributed by atoms with Crippen molar-refractivity contribution in [3.63, 3.8) is 0 Å². The SMILES string of the molecule is Cn1cccc1C(=O)Cc1ccc2c(c1)N(S(=O)(=O)c1ccc(F)cc1)CCC2. The van der Waals surface area contributed by atoms with E-state index in [0.29, 0.717) is 24.3 Å². The number of carbonyl (C=O) groups is 1. The summed E-state index contributed by atoms with van der Waals surface area (Å²) < 4.78 is 42.7. The standard InChI is InChI=1S/C22H21FN2O3S/c1-24-12-3-5-20(24)22(26)15-16-6-7-17-4-2-13-25(21(17)14-16)29(27,28)19-10-8-18(23)9-11-19/h3,5-12,14H,2,4,13,15H2,1H3. The number of sulfonamides is 1. The molecule has 1 aromatic heterocycles. The second-order valence-corrected chi connectivity index (χ2v) is 9.06. The second kappa shape index (κ2) is 7.48. The molecule has 0 unspecified atom stereocenters. The van der Waals surface area contributed by atoms with Gasteiger partial charge >= 0.3 is 0 Å². The first-order valence-electron chi connectivity index (χ1n) is 9.41. The highest BCUT2D eigenvalue weighted by molar-refractivity contribution is 7.92. The molecule has 0 bridgehead atoms. The minimum atomic E-state index is -3.81. The summed E-state index contributed by atoms with van der Waals surface area (Å²) in [5.74, 6) is -0.509. The molecule has 0 saturated carbocycles. The summed E-state index contributed by atoms with van der Waals surface area (Å²) >= 11 is 0. The van der Waals surface area contributed by atoms with Gasteiger partial charge in [-0.25, -0.2) is 12.8 Å². The molecular weight excluding hydrogens is 391 g/mol. The Labute approximate surface area is 169 Å². The first-order chi connectivity index (χ1) is 13.9. The van der Waals surface area contributed by atoms with Crippen LogP contribution in [0.15, 0.2) is 65.7 Å². The lowest BCUT2D eigenvalue weighted by Gasteiger charge is -2.31. The van der Waals surface area contributed by atoms with Crippen LogP contribution in [-0.4, -0.2) is 25.3 Å². The highest BCUT2D eigenvalue weighted by Crippen LogP contribution is 2.33. The van der Waals surface area contributed by atoms with E-state index in [0.717, 1.165) is 29.7 Å². The Hall–Kier alpha value is -2.93. The number of carbonyl (C=O) groups excluding carboxylic acids is 1. The molecule has 2 aromatic carbocycles. The summed E-state index contributed by atoms with van der Waals surface area (Å²) in [7, 11) is -1.99. The molecule has 0 amide bonds. The molecule has 0 aliphatic carbocycles. The molecule has 0 spiro atoms. The maximum Gasteiger partial charge on any atom is 0.264 e. The highest BCUT2D eigenvalue weighted by atomic mass is 32.2. The van der Waals surface area contributed by atoms with Crippen LogP contribution in [0.1, 0.15) is 28.0 Å². The summed E-state index contributed by atoms with van der Waals surface area (Å²) in [6, 6.07) is 14.0. The molecule has 7 heteroatoms. The van der Waals surface area contributed by atoms with E-state index in [1.54, 1.807) is 16.7 Å². The van der Waals surface area contributed by atoms with E-state index in [1.165, 1.54) is 16.4 Å². The Kier molecular flexibility index (Phi) is 5.00. The van der Waals surface area contributed by atoms with Crippen molar-refractivity contribution in [2.45, 2.75) is 24.2 Å². The number of aryl methyl sites for hydroxylation is 2. The summed E-state index contributed by atoms with van der Waals surface area (Å²) in [4.78, 5) is 12.7. The third kappa shape index (κ3) is 3.70. The fourth-order valence-corrected chi connectivity index (χ4v) is 5.24. The van der Waals surface area contributed by atoms with Crippen LogP contribution in [0.4, 0.5) is 10.1 Å². The van der Waals surface area contributed by atoms with Crippen molar-refractivity contribution >= 4 is 21.5 Å². The van der Waals surface area contributed by atoms with Gasteiger partial charge in [-0.05, 0) is 66.4 Å². The zero-order chi connectivity index (χ0) is 20.6. The molecule has 5 nitrogen and oxygen atoms in total. The van der Waals surface area contributed by atoms with E-state index < -0.39 is 15.8 Å². The number of fused-ring (bicyclic) bond motifs is 1. The van der Waals surface area contributed by atoms with Crippen LogP contribution in [0.3, 0.4) is 0 Å². The Morgan fingerprint density at radius 3 is 2.55 bits per heavy atom. The zero-order valence-electron chi connectivity index (χ0n) is 16.0. The normalized spacial score (nSPS) is 13.9. The summed E-state index contributed by atoms with van der Waals surface area (Å²) in [5.41, 5.74) is 2.89. The number of anilines is 1. The Balaban J connectivity index is 1.68. The lowest BCUT2D eigenvalue weighted by atomic mass is 9.98. The van der Waals surface area contributed by atoms with Gasteiger partial charge in [-0.3, -0.25) is 9.10 Å². The number of aromatic nitrogens is 1. The average Bonchev–Trinajstić information content (AvgIpc) is 3.14. The minimum absolute atomic E-state index is 0.0267. The molecule has 4 rings (SSSR count). The highest BCUT2D eigenvalue weighted by Gasteiger charge is 2.29. The van der Waals surface area contributed by atoms with Crippen LogP contribution >= 0.6 is 0 Å². The summed E-state index contributed by atoms with van der Waals surface area (Å²) in [6.07, 6.45) is 3.48. The third-order valence-corrected chi connectivity index (χ3v) is 7.05. The number of ketones is 1. The number of halogens is 1. The summed E-state index contributed by atoms with van der Waals surface area (Å²) in [6.45, 7) is 0.349. The van der Waals surface area contributed by atoms with Crippen LogP contribution in [-0.2, 0) is 29.9 Å². The lowest BCUT2D eigenvalue weighted by Crippen LogP contribution is -2.35. The van der Waals surface area contributed by atoms with Crippen LogP contribution in [0.25, 0.3) is 0 Å². The second-order valence-electron chi connectivity index (χ2n) is 7.20. The number of rotatable bonds is 5. The zero-order valence-corrected chi connectivity index (χ0v) is 16.8. The molecule has 0 N–H and O–H groups in total. The maximum atomic E-state index is 13.2. The molecule has 2 heterocycles. The molecule has 0 radical (unpaired) electrons. The number of hydrogen-bond donors (Lipinski definition) is 0. The van der Waals surface area contributed by atoms with Gasteiger partial charge in [0.25, 0.3) is 10.0 Å². The van der Waals surface area contributed by atoms with Crippen LogP contribution in [0, 0.1) is 5.82 Å². The Bertz CT molecular complexity index is 1170. The van der Waals surface area contributed by atoms with E-state index in [2.05, 4.69) is 0 Å². The molecule has 0 saturated heterocycles. The summed E-state index contributed by atoms with van der Waals surface area (Å²) in [5, 5.41) is 0. The monoisotopic (exact) mass is 412 g/mol. The van der Waals surface area contributed by atoms with Crippen molar-refractivity contribution < 1.29 is 17.6 Å². The maximum absolute atomic E-state index is 13.2. The fourth-order valence-electron chi connectivity index (χ4n) is 3.71. The third-order valence-electron chi connectivity index (χ3n) is 5.22. The quantitative estimate of drug-likeness (QED) is 0.600. The van der Waals surface area contributed by atoms with Gasteiger partial charge in [0.05, 0.1) is 16.3 Å². The molecule has 1 aliphatic heterocycles. The van der Waals surface area contributed by atoms with E-state index in [-0.39, 0.29) is 17.1 Å². The van der Waals surface area contributed by atoms with E-state index in [4.69, 9.17) is 0 Å². The predicted octanol–water partition coefficient (Wildman–Crippen LogP) is 3.73. The topological polar surface area (TPSA) is 59.4 Å². The van der Waals surface area contributed by atoms with Crippen LogP contribution < -0.4 is 4.31 Å². The number of benzene rings is 2. The van der Waals surface area contributed by atoms with E-state index in [1.807, 2.05) is 31.4 Å². The average molecular weight is 412 g/mol. The fraction of sp³-hybridized carbons (Fsp3) is 0.227. The van der Waals surface area contributed by atoms with Gasteiger partial charge in [-0.1, -0.05) is 12.1 Å². The number of nitrogens with zero attached hydrogens (tertiary/aromatic N) is 2. The Morgan fingerprint density at radius 2 is 1.86 bits per heavy atom. The first kappa shape index (κ1) is 19.4. The number of Topliss-reactive ketones (excluding diaryl/α,β-unsaturated/α-hetero) is 1. The van der Waals surface area contributed by atoms with Gasteiger partial charge in [0.2, 0.25) is 0 Å². The van der Waals surface area contributed by atoms with Crippen molar-refractivity contribution in [1.82, 2.24) is 4.57 Å². The van der Waals surface area contributed by atoms with Gasteiger partial charge in [-0.15, -0.1) is 0 Å². The van der Waals surface area contributed by atoms with Gasteiger partial charge in [-0.2, -0.15) is 0 Å². The largest absolute Gasteiger partial charge is 0.348 e. The van der Waals surface area contributed by atoms with Crippen molar-refractivity contribution in [3.05, 3.63) is 83.4 Å². The molecule has 3 aromatic rings. The molecule has 150 valence electrons. The van der Waals surface area contributed by atoms with Gasteiger partial charge < -0.3 is 4.57 Å². The number of hydrogen-bond acceptors (Lipinski definition) is 3. The van der Waals surface area contributed by atoms with Crippen molar-refractivity contribution in [2.75, 3.05) is 10.8 Å². The van der Waals surface area contributed by atoms with Crippen LogP contribution in [0.2, 0.25) is 0 Å². The molecule has 0 atom stereocenters. The van der Waals surface area contributed by atoms with Crippen molar-refractivity contribution in [3.8, 4) is 0 Å². The van der Waals surface area contributed by atoms with Gasteiger partial charge in [0, 0.05) is 26.2 Å². The van der Waals surface area contributed by atoms with E-state index >= 15 is 0 Å².